The Kier molecular flexibility index (Phi) is 8.23. The Morgan fingerprint density at radius 2 is 1.32 bits per heavy atom. The SMILES string of the molecule is COC(=O)[C@]12CO[C@@H](C(C)(C)C)N1C(=O)[C@@H]1CC(=O)O[C@@]12C.COC(=O)[C@]12CO[C@@H](C(C)(C)C)N1C(=O)[C@H](CCO)[C@]2(C)O. The molecule has 5 rings (SSSR count). The third-order valence-corrected chi connectivity index (χ3v) is 9.91. The molecule has 0 saturated carbocycles. The lowest BCUT2D eigenvalue weighted by Gasteiger charge is -2.40. The highest BCUT2D eigenvalue weighted by Crippen LogP contribution is 2.57. The number of ether oxygens (including phenoxy) is 5. The third kappa shape index (κ3) is 4.31. The van der Waals surface area contributed by atoms with Crippen LogP contribution in [0, 0.1) is 22.7 Å². The summed E-state index contributed by atoms with van der Waals surface area (Å²) in [6.45, 7) is 14.1. The van der Waals surface area contributed by atoms with Gasteiger partial charge in [0.15, 0.2) is 11.1 Å². The van der Waals surface area contributed by atoms with E-state index < -0.39 is 69.9 Å². The van der Waals surface area contributed by atoms with Gasteiger partial charge in [-0.25, -0.2) is 9.59 Å². The summed E-state index contributed by atoms with van der Waals surface area (Å²) in [5.41, 5.74) is -6.74. The number of nitrogens with zero attached hydrogens (tertiary/aromatic N) is 2. The van der Waals surface area contributed by atoms with E-state index in [0.29, 0.717) is 0 Å². The first-order valence-electron chi connectivity index (χ1n) is 14.8. The molecule has 0 bridgehead atoms. The summed E-state index contributed by atoms with van der Waals surface area (Å²) in [7, 11) is 2.48. The quantitative estimate of drug-likeness (QED) is 0.324. The van der Waals surface area contributed by atoms with Crippen LogP contribution in [0.15, 0.2) is 0 Å². The van der Waals surface area contributed by atoms with Crippen LogP contribution in [0.1, 0.15) is 68.2 Å². The second kappa shape index (κ2) is 10.6. The zero-order valence-corrected chi connectivity index (χ0v) is 27.2. The topological polar surface area (TPSA) is 178 Å². The number of amides is 2. The molecule has 14 nitrogen and oxygen atoms in total. The van der Waals surface area contributed by atoms with Gasteiger partial charge in [-0.1, -0.05) is 41.5 Å². The van der Waals surface area contributed by atoms with Gasteiger partial charge < -0.3 is 33.9 Å². The van der Waals surface area contributed by atoms with E-state index >= 15 is 0 Å². The molecule has 248 valence electrons. The lowest BCUT2D eigenvalue weighted by Crippen LogP contribution is -2.64. The Bertz CT molecular complexity index is 1240. The van der Waals surface area contributed by atoms with Crippen LogP contribution in [-0.4, -0.2) is 119 Å². The molecule has 0 aromatic carbocycles. The van der Waals surface area contributed by atoms with Gasteiger partial charge in [0.05, 0.1) is 45.7 Å². The maximum absolute atomic E-state index is 12.9. The Morgan fingerprint density at radius 1 is 0.864 bits per heavy atom. The molecule has 5 aliphatic rings. The number of hydrogen-bond donors (Lipinski definition) is 2. The Balaban J connectivity index is 0.000000201. The first kappa shape index (κ1) is 34.1. The van der Waals surface area contributed by atoms with E-state index in [1.165, 1.54) is 30.9 Å². The van der Waals surface area contributed by atoms with Gasteiger partial charge in [-0.3, -0.25) is 24.2 Å². The molecular weight excluding hydrogens is 580 g/mol. The van der Waals surface area contributed by atoms with Crippen LogP contribution in [0.3, 0.4) is 0 Å². The van der Waals surface area contributed by atoms with Crippen molar-refractivity contribution >= 4 is 29.7 Å². The number of aliphatic hydroxyl groups excluding tert-OH is 1. The summed E-state index contributed by atoms with van der Waals surface area (Å²) in [6, 6.07) is 0. The van der Waals surface area contributed by atoms with Crippen LogP contribution >= 0.6 is 0 Å². The van der Waals surface area contributed by atoms with Crippen LogP contribution in [0.5, 0.6) is 0 Å². The van der Waals surface area contributed by atoms with Gasteiger partial charge in [-0.15, -0.1) is 0 Å². The first-order valence-corrected chi connectivity index (χ1v) is 14.8. The van der Waals surface area contributed by atoms with Gasteiger partial charge in [-0.05, 0) is 20.3 Å². The van der Waals surface area contributed by atoms with Crippen LogP contribution in [0.4, 0.5) is 0 Å². The summed E-state index contributed by atoms with van der Waals surface area (Å²) < 4.78 is 26.8. The summed E-state index contributed by atoms with van der Waals surface area (Å²) in [4.78, 5) is 65.4. The fourth-order valence-electron chi connectivity index (χ4n) is 7.61. The third-order valence-electron chi connectivity index (χ3n) is 9.91. The van der Waals surface area contributed by atoms with Crippen molar-refractivity contribution in [3.63, 3.8) is 0 Å². The molecule has 5 saturated heterocycles. The lowest BCUT2D eigenvalue weighted by molar-refractivity contribution is -0.175. The van der Waals surface area contributed by atoms with E-state index in [1.807, 2.05) is 41.5 Å². The maximum atomic E-state index is 12.9. The van der Waals surface area contributed by atoms with Gasteiger partial charge in [-0.2, -0.15) is 0 Å². The van der Waals surface area contributed by atoms with Gasteiger partial charge in [0, 0.05) is 17.4 Å². The predicted molar refractivity (Wildman–Crippen MR) is 150 cm³/mol. The largest absolute Gasteiger partial charge is 0.467 e. The summed E-state index contributed by atoms with van der Waals surface area (Å²) in [6.07, 6.45) is -1.14. The van der Waals surface area contributed by atoms with Crippen molar-refractivity contribution < 1.29 is 57.9 Å². The molecule has 0 spiro atoms. The molecule has 2 N–H and O–H groups in total. The molecule has 0 aliphatic carbocycles. The number of hydrogen-bond acceptors (Lipinski definition) is 12. The molecule has 14 heteroatoms. The highest BCUT2D eigenvalue weighted by atomic mass is 16.6. The van der Waals surface area contributed by atoms with E-state index in [0.717, 1.165) is 0 Å². The van der Waals surface area contributed by atoms with Crippen LogP contribution in [0.25, 0.3) is 0 Å². The predicted octanol–water partition coefficient (Wildman–Crippen LogP) is 0.357. The van der Waals surface area contributed by atoms with E-state index in [1.54, 1.807) is 6.92 Å². The Hall–Kier alpha value is -2.81. The number of methoxy groups -OCH3 is 2. The molecule has 5 fully saturated rings. The molecule has 44 heavy (non-hydrogen) atoms. The van der Waals surface area contributed by atoms with Crippen LogP contribution in [-0.2, 0) is 47.7 Å². The first-order chi connectivity index (χ1) is 20.1. The van der Waals surface area contributed by atoms with Crippen molar-refractivity contribution in [2.45, 2.75) is 103 Å². The van der Waals surface area contributed by atoms with E-state index in [-0.39, 0.29) is 49.9 Å². The average Bonchev–Trinajstić information content (AvgIpc) is 3.67. The molecule has 0 aromatic rings. The van der Waals surface area contributed by atoms with Crippen molar-refractivity contribution in [1.82, 2.24) is 9.80 Å². The van der Waals surface area contributed by atoms with Crippen molar-refractivity contribution in [3.05, 3.63) is 0 Å². The highest BCUT2D eigenvalue weighted by molar-refractivity contribution is 6.00. The minimum absolute atomic E-state index is 0.0125. The summed E-state index contributed by atoms with van der Waals surface area (Å²) in [5.74, 6) is -3.98. The normalized spacial score (nSPS) is 39.4. The number of aliphatic hydroxyl groups is 2. The van der Waals surface area contributed by atoms with E-state index in [4.69, 9.17) is 23.7 Å². The molecule has 0 unspecified atom stereocenters. The number of carbonyl (C=O) groups excluding carboxylic acids is 5. The second-order valence-corrected chi connectivity index (χ2v) is 14.7. The number of esters is 3. The van der Waals surface area contributed by atoms with Gasteiger partial charge in [0.25, 0.3) is 0 Å². The molecule has 0 aromatic heterocycles. The fourth-order valence-corrected chi connectivity index (χ4v) is 7.61. The molecule has 2 amide bonds. The fraction of sp³-hybridized carbons (Fsp3) is 0.833. The molecule has 5 heterocycles. The standard InChI is InChI=1S/C15H21NO6.C15H25NO6/c1-13(2,3)11-16-10(18)8-6-9(17)22-14(8,4)15(16,7-21-11)12(19)20-5;1-13(2,3)11-16-10(18)9(6-7-17)14(4,20)15(16,8-22-11)12(19)21-5/h8,11H,6-7H2,1-5H3;9,11,17,20H,6-8H2,1-5H3/t8-,11-,14-,15-;9-,11-,14-,15-/m00/s1. The van der Waals surface area contributed by atoms with Crippen molar-refractivity contribution in [2.24, 2.45) is 22.7 Å². The van der Waals surface area contributed by atoms with Gasteiger partial charge in [0.2, 0.25) is 17.4 Å². The zero-order valence-electron chi connectivity index (χ0n) is 27.2. The van der Waals surface area contributed by atoms with Crippen LogP contribution < -0.4 is 0 Å². The van der Waals surface area contributed by atoms with Gasteiger partial charge in [0.1, 0.15) is 18.1 Å². The maximum Gasteiger partial charge on any atom is 0.338 e. The van der Waals surface area contributed by atoms with Crippen molar-refractivity contribution in [3.8, 4) is 0 Å². The summed E-state index contributed by atoms with van der Waals surface area (Å²) in [5, 5.41) is 20.2. The highest BCUT2D eigenvalue weighted by Gasteiger charge is 2.80. The number of carbonyl (C=O) groups is 5. The second-order valence-electron chi connectivity index (χ2n) is 14.7. The van der Waals surface area contributed by atoms with Crippen LogP contribution in [0.2, 0.25) is 0 Å². The molecule has 8 atom stereocenters. The summed E-state index contributed by atoms with van der Waals surface area (Å²) >= 11 is 0. The molecule has 5 aliphatic heterocycles. The monoisotopic (exact) mass is 626 g/mol. The van der Waals surface area contributed by atoms with Gasteiger partial charge >= 0.3 is 17.9 Å². The zero-order chi connectivity index (χ0) is 33.4. The lowest BCUT2D eigenvalue weighted by atomic mass is 9.75. The number of rotatable bonds is 4. The number of fused-ring (bicyclic) bond motifs is 4. The van der Waals surface area contributed by atoms with E-state index in [9.17, 15) is 34.2 Å². The van der Waals surface area contributed by atoms with E-state index in [2.05, 4.69) is 0 Å². The average molecular weight is 627 g/mol. The van der Waals surface area contributed by atoms with Crippen molar-refractivity contribution in [2.75, 3.05) is 34.0 Å². The minimum Gasteiger partial charge on any atom is -0.467 e. The Labute approximate surface area is 257 Å². The molecule has 0 radical (unpaired) electrons. The smallest absolute Gasteiger partial charge is 0.338 e. The Morgan fingerprint density at radius 3 is 1.77 bits per heavy atom. The van der Waals surface area contributed by atoms with Crippen molar-refractivity contribution in [1.29, 1.82) is 0 Å². The minimum atomic E-state index is -1.68. The molecular formula is C30H46N2O12.